The maximum Gasteiger partial charge on any atom is 0.158 e. The first-order valence-electron chi connectivity index (χ1n) is 7.37. The van der Waals surface area contributed by atoms with E-state index in [4.69, 9.17) is 5.10 Å². The van der Waals surface area contributed by atoms with E-state index < -0.39 is 0 Å². The Morgan fingerprint density at radius 2 is 1.70 bits per heavy atom. The summed E-state index contributed by atoms with van der Waals surface area (Å²) in [5.74, 6) is 1.16. The van der Waals surface area contributed by atoms with Gasteiger partial charge in [-0.15, -0.1) is 0 Å². The van der Waals surface area contributed by atoms with Crippen LogP contribution in [0.25, 0.3) is 0 Å². The standard InChI is InChI=1S/C17H23N3/c1-11-9-12(2)16(13(3)10-11)20-8-6-7-15-14(4)19(5)18-17(15)20/h9-10H,6-8H2,1-5H3. The molecule has 0 spiro atoms. The molecule has 0 radical (unpaired) electrons. The first-order chi connectivity index (χ1) is 9.49. The molecule has 2 aromatic rings. The number of aryl methyl sites for hydroxylation is 4. The number of fused-ring (bicyclic) bond motifs is 1. The van der Waals surface area contributed by atoms with E-state index in [1.54, 1.807) is 0 Å². The van der Waals surface area contributed by atoms with Crippen LogP contribution in [0.2, 0.25) is 0 Å². The lowest BCUT2D eigenvalue weighted by molar-refractivity contribution is 0.731. The van der Waals surface area contributed by atoms with Gasteiger partial charge in [0.1, 0.15) is 0 Å². The summed E-state index contributed by atoms with van der Waals surface area (Å²) in [5, 5.41) is 4.76. The van der Waals surface area contributed by atoms with Crippen molar-refractivity contribution in [2.75, 3.05) is 11.4 Å². The highest BCUT2D eigenvalue weighted by molar-refractivity contribution is 5.71. The first-order valence-corrected chi connectivity index (χ1v) is 7.37. The Labute approximate surface area is 121 Å². The fourth-order valence-corrected chi connectivity index (χ4v) is 3.48. The van der Waals surface area contributed by atoms with Gasteiger partial charge < -0.3 is 4.90 Å². The molecule has 1 aromatic heterocycles. The van der Waals surface area contributed by atoms with E-state index in [0.717, 1.165) is 18.8 Å². The maximum atomic E-state index is 4.76. The van der Waals surface area contributed by atoms with Gasteiger partial charge in [-0.3, -0.25) is 4.68 Å². The van der Waals surface area contributed by atoms with Gasteiger partial charge >= 0.3 is 0 Å². The van der Waals surface area contributed by atoms with Gasteiger partial charge in [-0.25, -0.2) is 0 Å². The lowest BCUT2D eigenvalue weighted by atomic mass is 10.00. The number of anilines is 2. The zero-order chi connectivity index (χ0) is 14.4. The van der Waals surface area contributed by atoms with E-state index in [-0.39, 0.29) is 0 Å². The van der Waals surface area contributed by atoms with E-state index in [9.17, 15) is 0 Å². The average Bonchev–Trinajstić information content (AvgIpc) is 2.66. The van der Waals surface area contributed by atoms with Crippen molar-refractivity contribution in [2.45, 2.75) is 40.5 Å². The van der Waals surface area contributed by atoms with E-state index in [1.807, 2.05) is 11.7 Å². The van der Waals surface area contributed by atoms with Crippen molar-refractivity contribution in [3.8, 4) is 0 Å². The molecule has 0 N–H and O–H groups in total. The van der Waals surface area contributed by atoms with Gasteiger partial charge in [0.25, 0.3) is 0 Å². The molecule has 0 saturated carbocycles. The fourth-order valence-electron chi connectivity index (χ4n) is 3.48. The van der Waals surface area contributed by atoms with Crippen molar-refractivity contribution in [3.05, 3.63) is 40.1 Å². The van der Waals surface area contributed by atoms with Crippen LogP contribution in [0.15, 0.2) is 12.1 Å². The molecular weight excluding hydrogens is 246 g/mol. The molecule has 0 bridgehead atoms. The number of hydrogen-bond acceptors (Lipinski definition) is 2. The number of aromatic nitrogens is 2. The number of nitrogens with zero attached hydrogens (tertiary/aromatic N) is 3. The third kappa shape index (κ3) is 1.92. The van der Waals surface area contributed by atoms with Crippen LogP contribution in [0.4, 0.5) is 11.5 Å². The number of benzene rings is 1. The fraction of sp³-hybridized carbons (Fsp3) is 0.471. The lowest BCUT2D eigenvalue weighted by Gasteiger charge is -2.30. The van der Waals surface area contributed by atoms with Crippen molar-refractivity contribution in [1.29, 1.82) is 0 Å². The smallest absolute Gasteiger partial charge is 0.158 e. The van der Waals surface area contributed by atoms with Crippen LogP contribution in [0.1, 0.15) is 34.4 Å². The molecular formula is C17H23N3. The molecule has 1 aliphatic rings. The molecule has 20 heavy (non-hydrogen) atoms. The molecule has 0 saturated heterocycles. The summed E-state index contributed by atoms with van der Waals surface area (Å²) >= 11 is 0. The first kappa shape index (κ1) is 13.2. The minimum Gasteiger partial charge on any atom is -0.324 e. The Hall–Kier alpha value is -1.77. The molecule has 0 amide bonds. The molecule has 1 aliphatic heterocycles. The van der Waals surface area contributed by atoms with Crippen molar-refractivity contribution >= 4 is 11.5 Å². The summed E-state index contributed by atoms with van der Waals surface area (Å²) < 4.78 is 2.02. The van der Waals surface area contributed by atoms with Gasteiger partial charge in [0.05, 0.1) is 0 Å². The Morgan fingerprint density at radius 1 is 1.05 bits per heavy atom. The van der Waals surface area contributed by atoms with E-state index >= 15 is 0 Å². The maximum absolute atomic E-state index is 4.76. The predicted molar refractivity (Wildman–Crippen MR) is 83.9 cm³/mol. The van der Waals surface area contributed by atoms with Crippen LogP contribution >= 0.6 is 0 Å². The molecule has 3 nitrogen and oxygen atoms in total. The molecule has 0 aliphatic carbocycles. The van der Waals surface area contributed by atoms with Crippen LogP contribution in [0, 0.1) is 27.7 Å². The largest absolute Gasteiger partial charge is 0.324 e. The van der Waals surface area contributed by atoms with Crippen LogP contribution < -0.4 is 4.90 Å². The Balaban J connectivity index is 2.16. The van der Waals surface area contributed by atoms with E-state index in [1.165, 1.54) is 40.1 Å². The summed E-state index contributed by atoms with van der Waals surface area (Å²) in [4.78, 5) is 2.41. The Bertz CT molecular complexity index is 644. The molecule has 1 aromatic carbocycles. The predicted octanol–water partition coefficient (Wildman–Crippen LogP) is 3.74. The lowest BCUT2D eigenvalue weighted by Crippen LogP contribution is -2.26. The third-order valence-electron chi connectivity index (χ3n) is 4.41. The molecule has 0 unspecified atom stereocenters. The number of hydrogen-bond donors (Lipinski definition) is 0. The van der Waals surface area contributed by atoms with Gasteiger partial charge in [-0.05, 0) is 51.7 Å². The molecule has 0 atom stereocenters. The zero-order valence-corrected chi connectivity index (χ0v) is 13.1. The van der Waals surface area contributed by atoms with Crippen LogP contribution in [-0.4, -0.2) is 16.3 Å². The Kier molecular flexibility index (Phi) is 3.08. The minimum absolute atomic E-state index is 1.06. The van der Waals surface area contributed by atoms with Gasteiger partial charge in [0, 0.05) is 30.5 Å². The van der Waals surface area contributed by atoms with Crippen LogP contribution in [0.3, 0.4) is 0 Å². The average molecular weight is 269 g/mol. The monoisotopic (exact) mass is 269 g/mol. The van der Waals surface area contributed by atoms with Gasteiger partial charge in [0.2, 0.25) is 0 Å². The summed E-state index contributed by atoms with van der Waals surface area (Å²) in [5.41, 5.74) is 8.08. The topological polar surface area (TPSA) is 21.1 Å². The second-order valence-corrected chi connectivity index (χ2v) is 6.01. The van der Waals surface area contributed by atoms with Gasteiger partial charge in [-0.1, -0.05) is 17.7 Å². The molecule has 3 rings (SSSR count). The van der Waals surface area contributed by atoms with Crippen molar-refractivity contribution < 1.29 is 0 Å². The Morgan fingerprint density at radius 3 is 2.35 bits per heavy atom. The summed E-state index contributed by atoms with van der Waals surface area (Å²) in [7, 11) is 2.04. The normalized spacial score (nSPS) is 14.6. The highest BCUT2D eigenvalue weighted by atomic mass is 15.4. The SMILES string of the molecule is Cc1cc(C)c(N2CCCc3c2nn(C)c3C)c(C)c1. The molecule has 106 valence electrons. The second-order valence-electron chi connectivity index (χ2n) is 6.01. The van der Waals surface area contributed by atoms with Crippen LogP contribution in [-0.2, 0) is 13.5 Å². The van der Waals surface area contributed by atoms with E-state index in [0.29, 0.717) is 0 Å². The summed E-state index contributed by atoms with van der Waals surface area (Å²) in [6.45, 7) is 9.81. The highest BCUT2D eigenvalue weighted by Gasteiger charge is 2.26. The molecule has 3 heteroatoms. The van der Waals surface area contributed by atoms with E-state index in [2.05, 4.69) is 44.7 Å². The van der Waals surface area contributed by atoms with Gasteiger partial charge in [0.15, 0.2) is 5.82 Å². The minimum atomic E-state index is 1.06. The van der Waals surface area contributed by atoms with Crippen molar-refractivity contribution in [1.82, 2.24) is 9.78 Å². The van der Waals surface area contributed by atoms with Crippen LogP contribution in [0.5, 0.6) is 0 Å². The van der Waals surface area contributed by atoms with Gasteiger partial charge in [-0.2, -0.15) is 5.10 Å². The molecule has 2 heterocycles. The third-order valence-corrected chi connectivity index (χ3v) is 4.41. The number of rotatable bonds is 1. The van der Waals surface area contributed by atoms with Crippen molar-refractivity contribution in [3.63, 3.8) is 0 Å². The summed E-state index contributed by atoms with van der Waals surface area (Å²) in [6, 6.07) is 4.54. The van der Waals surface area contributed by atoms with Crippen molar-refractivity contribution in [2.24, 2.45) is 7.05 Å². The summed E-state index contributed by atoms with van der Waals surface area (Å²) in [6.07, 6.45) is 2.35. The molecule has 0 fully saturated rings. The zero-order valence-electron chi connectivity index (χ0n) is 13.1. The quantitative estimate of drug-likeness (QED) is 0.786. The second kappa shape index (κ2) is 4.65. The highest BCUT2D eigenvalue weighted by Crippen LogP contribution is 2.37.